The van der Waals surface area contributed by atoms with Crippen LogP contribution in [0, 0.1) is 0 Å². The number of H-pyrrole nitrogens is 2. The van der Waals surface area contributed by atoms with Gasteiger partial charge in [0.05, 0.1) is 0 Å². The lowest BCUT2D eigenvalue weighted by Gasteiger charge is -2.10. The number of hydrogen-bond donors (Lipinski definition) is 4. The number of carbonyl (C=O) groups is 1. The van der Waals surface area contributed by atoms with Crippen LogP contribution in [0.3, 0.4) is 0 Å². The summed E-state index contributed by atoms with van der Waals surface area (Å²) in [4.78, 5) is 28.7. The predicted octanol–water partition coefficient (Wildman–Crippen LogP) is 9.48. The summed E-state index contributed by atoms with van der Waals surface area (Å²) in [7, 11) is 0. The van der Waals surface area contributed by atoms with Gasteiger partial charge in [0.1, 0.15) is 11.3 Å². The van der Waals surface area contributed by atoms with Crippen LogP contribution in [0.4, 0.5) is 11.4 Å². The van der Waals surface area contributed by atoms with Crippen LogP contribution in [0.5, 0.6) is 0 Å². The molecule has 6 rings (SSSR count). The van der Waals surface area contributed by atoms with Gasteiger partial charge in [-0.25, -0.2) is 9.97 Å². The van der Waals surface area contributed by atoms with Crippen molar-refractivity contribution in [3.63, 3.8) is 0 Å². The van der Waals surface area contributed by atoms with Gasteiger partial charge in [0, 0.05) is 46.9 Å². The van der Waals surface area contributed by atoms with E-state index in [1.807, 2.05) is 67.3 Å². The fourth-order valence-electron chi connectivity index (χ4n) is 6.03. The Balaban J connectivity index is 0.000000197. The first-order valence-electron chi connectivity index (χ1n) is 17.1. The lowest BCUT2D eigenvalue weighted by Crippen LogP contribution is -2.09. The molecule has 0 bridgehead atoms. The highest BCUT2D eigenvalue weighted by Crippen LogP contribution is 2.21. The van der Waals surface area contributed by atoms with Gasteiger partial charge >= 0.3 is 0 Å². The molecule has 0 unspecified atom stereocenters. The molecular weight excluding hydrogens is 657 g/mol. The summed E-state index contributed by atoms with van der Waals surface area (Å²) in [6.07, 6.45) is 18.4. The van der Waals surface area contributed by atoms with Crippen LogP contribution in [0.15, 0.2) is 110 Å². The maximum atomic E-state index is 11.6. The van der Waals surface area contributed by atoms with E-state index in [1.54, 1.807) is 0 Å². The van der Waals surface area contributed by atoms with Gasteiger partial charge < -0.3 is 21.0 Å². The zero-order chi connectivity index (χ0) is 35.1. The predicted molar refractivity (Wildman–Crippen MR) is 216 cm³/mol. The van der Waals surface area contributed by atoms with Gasteiger partial charge in [0.2, 0.25) is 5.91 Å². The Hall–Kier alpha value is -4.99. The van der Waals surface area contributed by atoms with Gasteiger partial charge in [-0.3, -0.25) is 4.79 Å². The second kappa shape index (κ2) is 18.7. The summed E-state index contributed by atoms with van der Waals surface area (Å²) in [6, 6.07) is 24.2. The number of pyridine rings is 2. The highest BCUT2D eigenvalue weighted by atomic mass is 32.1. The number of thiocarbonyl (C=S) groups is 2. The molecule has 0 saturated heterocycles. The first-order valence-corrected chi connectivity index (χ1v) is 17.9. The van der Waals surface area contributed by atoms with Crippen LogP contribution in [-0.4, -0.2) is 35.6 Å². The largest absolute Gasteiger partial charge is 0.399 e. The van der Waals surface area contributed by atoms with Gasteiger partial charge in [-0.05, 0) is 139 Å². The minimum absolute atomic E-state index is 0.189. The number of rotatable bonds is 16. The quantitative estimate of drug-likeness (QED) is 0.0455. The zero-order valence-electron chi connectivity index (χ0n) is 28.3. The number of para-hydroxylation sites is 2. The van der Waals surface area contributed by atoms with Crippen molar-refractivity contribution in [2.45, 2.75) is 64.2 Å². The van der Waals surface area contributed by atoms with E-state index in [1.165, 1.54) is 33.5 Å². The topological polar surface area (TPSA) is 112 Å². The maximum absolute atomic E-state index is 11.6. The molecule has 0 radical (unpaired) electrons. The van der Waals surface area contributed by atoms with Crippen LogP contribution in [-0.2, 0) is 30.5 Å². The highest BCUT2D eigenvalue weighted by Gasteiger charge is 2.08. The van der Waals surface area contributed by atoms with E-state index in [4.69, 9.17) is 30.2 Å². The van der Waals surface area contributed by atoms with Crippen LogP contribution < -0.4 is 11.1 Å². The average Bonchev–Trinajstić information content (AvgIpc) is 3.82. The molecule has 256 valence electrons. The Labute approximate surface area is 304 Å². The third kappa shape index (κ3) is 10.5. The number of carbonyl (C=O) groups excluding carboxylic acids is 1. The molecule has 0 aliphatic rings. The molecule has 1 amide bonds. The average molecular weight is 701 g/mol. The number of aromatic nitrogens is 4. The molecule has 0 aliphatic carbocycles. The van der Waals surface area contributed by atoms with Crippen molar-refractivity contribution in [2.75, 3.05) is 11.1 Å². The summed E-state index contributed by atoms with van der Waals surface area (Å²) in [6.45, 7) is 3.50. The Bertz CT molecular complexity index is 2060. The molecule has 50 heavy (non-hydrogen) atoms. The van der Waals surface area contributed by atoms with Gasteiger partial charge in [-0.15, -0.1) is 0 Å². The molecule has 0 aliphatic heterocycles. The lowest BCUT2D eigenvalue weighted by molar-refractivity contribution is -0.111. The minimum Gasteiger partial charge on any atom is -0.399 e. The Morgan fingerprint density at radius 1 is 0.680 bits per heavy atom. The number of hydrogen-bond acceptors (Lipinski definition) is 6. The SMILES string of the molecule is C=CC(=O)Nc1ccccc1CCCC(=S)CCc1ccnc2[nH]ccc12.Nc1ccccc1CCCC(=S)CCc1ccnc2[nH]ccc12. The van der Waals surface area contributed by atoms with Crippen molar-refractivity contribution in [2.24, 2.45) is 0 Å². The molecule has 7 nitrogen and oxygen atoms in total. The van der Waals surface area contributed by atoms with E-state index in [2.05, 4.69) is 62.2 Å². The molecule has 9 heteroatoms. The van der Waals surface area contributed by atoms with Crippen molar-refractivity contribution in [3.8, 4) is 0 Å². The Morgan fingerprint density at radius 2 is 1.20 bits per heavy atom. The number of fused-ring (bicyclic) bond motifs is 2. The first kappa shape index (κ1) is 36.3. The monoisotopic (exact) mass is 700 g/mol. The fourth-order valence-corrected chi connectivity index (χ4v) is 6.52. The zero-order valence-corrected chi connectivity index (χ0v) is 29.9. The number of aromatic amines is 2. The maximum Gasteiger partial charge on any atom is 0.247 e. The van der Waals surface area contributed by atoms with Crippen LogP contribution in [0.25, 0.3) is 22.1 Å². The number of amides is 1. The summed E-state index contributed by atoms with van der Waals surface area (Å²) in [5.74, 6) is -0.189. The van der Waals surface area contributed by atoms with Crippen molar-refractivity contribution in [3.05, 3.63) is 132 Å². The number of benzene rings is 2. The molecule has 4 aromatic heterocycles. The summed E-state index contributed by atoms with van der Waals surface area (Å²) < 4.78 is 0. The third-order valence-corrected chi connectivity index (χ3v) is 9.58. The highest BCUT2D eigenvalue weighted by molar-refractivity contribution is 7.80. The van der Waals surface area contributed by atoms with Crippen molar-refractivity contribution in [1.82, 2.24) is 19.9 Å². The van der Waals surface area contributed by atoms with E-state index in [0.29, 0.717) is 0 Å². The van der Waals surface area contributed by atoms with E-state index < -0.39 is 0 Å². The normalized spacial score (nSPS) is 10.8. The molecule has 0 atom stereocenters. The molecule has 4 heterocycles. The summed E-state index contributed by atoms with van der Waals surface area (Å²) >= 11 is 11.1. The van der Waals surface area contributed by atoms with E-state index in [9.17, 15) is 4.79 Å². The van der Waals surface area contributed by atoms with Gasteiger partial charge in [-0.2, -0.15) is 0 Å². The Kier molecular flexibility index (Phi) is 13.6. The second-order valence-corrected chi connectivity index (χ2v) is 13.4. The molecule has 6 aromatic rings. The summed E-state index contributed by atoms with van der Waals surface area (Å²) in [5, 5.41) is 5.24. The van der Waals surface area contributed by atoms with Gasteiger partial charge in [-0.1, -0.05) is 67.4 Å². The number of nitrogens with zero attached hydrogens (tertiary/aromatic N) is 2. The van der Waals surface area contributed by atoms with Crippen molar-refractivity contribution < 1.29 is 4.79 Å². The van der Waals surface area contributed by atoms with E-state index in [-0.39, 0.29) is 5.91 Å². The molecule has 0 fully saturated rings. The minimum atomic E-state index is -0.189. The molecule has 5 N–H and O–H groups in total. The van der Waals surface area contributed by atoms with Crippen LogP contribution in [0.1, 0.15) is 60.8 Å². The van der Waals surface area contributed by atoms with E-state index >= 15 is 0 Å². The fraction of sp³-hybridized carbons (Fsp3) is 0.244. The lowest BCUT2D eigenvalue weighted by atomic mass is 10.0. The van der Waals surface area contributed by atoms with Crippen molar-refractivity contribution >= 4 is 73.5 Å². The molecular formula is C41H44N6OS2. The summed E-state index contributed by atoms with van der Waals surface area (Å²) in [5.41, 5.74) is 14.5. The third-order valence-electron chi connectivity index (χ3n) is 8.77. The van der Waals surface area contributed by atoms with Gasteiger partial charge in [0.25, 0.3) is 0 Å². The first-order chi connectivity index (χ1) is 24.4. The van der Waals surface area contributed by atoms with Crippen LogP contribution in [0.2, 0.25) is 0 Å². The number of aryl methyl sites for hydroxylation is 4. The van der Waals surface area contributed by atoms with E-state index in [0.717, 1.165) is 102 Å². The van der Waals surface area contributed by atoms with Gasteiger partial charge in [0.15, 0.2) is 0 Å². The second-order valence-electron chi connectivity index (χ2n) is 12.3. The number of nitrogen functional groups attached to an aromatic ring is 1. The Morgan fingerprint density at radius 3 is 1.76 bits per heavy atom. The number of nitrogens with two attached hydrogens (primary N) is 1. The molecule has 0 spiro atoms. The van der Waals surface area contributed by atoms with Crippen LogP contribution >= 0.6 is 24.4 Å². The standard InChI is InChI=1S/C22H23N3OS.C19H21N3S/c1-2-21(26)25-20-9-4-3-6-17(20)7-5-8-18(27)11-10-16-12-14-23-22-19(16)13-15-24-22;20-18-7-2-1-4-15(18)5-3-6-16(23)9-8-14-10-12-21-19-17(14)11-13-22-19/h2-4,6,9,12-15H,1,5,7-8,10-11H2,(H,23,24)(H,25,26);1-2,4,7,10-13H,3,5-6,8-9,20H2,(H,21,22). The molecule has 0 saturated carbocycles. The smallest absolute Gasteiger partial charge is 0.247 e. The number of nitrogens with one attached hydrogen (secondary N) is 3. The van der Waals surface area contributed by atoms with Crippen molar-refractivity contribution in [1.29, 1.82) is 0 Å². The number of anilines is 2. The molecule has 2 aromatic carbocycles.